The van der Waals surface area contributed by atoms with Crippen molar-refractivity contribution < 1.29 is 15.3 Å². The van der Waals surface area contributed by atoms with E-state index in [9.17, 15) is 5.11 Å². The van der Waals surface area contributed by atoms with E-state index in [-0.39, 0.29) is 16.9 Å². The molecule has 0 saturated carbocycles. The van der Waals surface area contributed by atoms with Crippen LogP contribution in [0.3, 0.4) is 0 Å². The molecule has 0 saturated heterocycles. The van der Waals surface area contributed by atoms with Gasteiger partial charge >= 0.3 is 0 Å². The van der Waals surface area contributed by atoms with Crippen molar-refractivity contribution in [1.82, 2.24) is 0 Å². The van der Waals surface area contributed by atoms with Crippen molar-refractivity contribution in [3.8, 4) is 11.5 Å². The van der Waals surface area contributed by atoms with Crippen LogP contribution in [-0.2, 0) is 5.41 Å². The van der Waals surface area contributed by atoms with Crippen LogP contribution < -0.4 is 4.89 Å². The molecule has 1 rings (SSSR count). The van der Waals surface area contributed by atoms with E-state index in [2.05, 4.69) is 4.89 Å². The summed E-state index contributed by atoms with van der Waals surface area (Å²) in [7, 11) is 0. The van der Waals surface area contributed by atoms with Crippen molar-refractivity contribution in [3.63, 3.8) is 0 Å². The van der Waals surface area contributed by atoms with E-state index in [1.165, 1.54) is 6.07 Å². The zero-order valence-electron chi connectivity index (χ0n) is 8.03. The quantitative estimate of drug-likeness (QED) is 0.518. The molecule has 0 aliphatic rings. The molecule has 0 amide bonds. The molecule has 0 aliphatic carbocycles. The van der Waals surface area contributed by atoms with Gasteiger partial charge in [-0.05, 0) is 23.1 Å². The number of benzene rings is 1. The predicted octanol–water partition coefficient (Wildman–Crippen LogP) is 2.54. The van der Waals surface area contributed by atoms with Crippen molar-refractivity contribution in [2.75, 3.05) is 0 Å². The van der Waals surface area contributed by atoms with Gasteiger partial charge in [0.25, 0.3) is 0 Å². The van der Waals surface area contributed by atoms with E-state index in [1.54, 1.807) is 12.1 Å². The first-order chi connectivity index (χ1) is 5.95. The van der Waals surface area contributed by atoms with Crippen molar-refractivity contribution in [1.29, 1.82) is 0 Å². The predicted molar refractivity (Wildman–Crippen MR) is 50.1 cm³/mol. The summed E-state index contributed by atoms with van der Waals surface area (Å²) >= 11 is 0. The molecule has 1 aromatic carbocycles. The lowest BCUT2D eigenvalue weighted by Gasteiger charge is -2.19. The number of hydrogen-bond donors (Lipinski definition) is 2. The van der Waals surface area contributed by atoms with E-state index in [4.69, 9.17) is 5.26 Å². The molecule has 1 aromatic rings. The van der Waals surface area contributed by atoms with E-state index in [0.717, 1.165) is 5.56 Å². The lowest BCUT2D eigenvalue weighted by molar-refractivity contribution is -0.139. The number of hydrogen-bond acceptors (Lipinski definition) is 3. The van der Waals surface area contributed by atoms with Gasteiger partial charge in [0.1, 0.15) is 0 Å². The van der Waals surface area contributed by atoms with Gasteiger partial charge in [0.2, 0.25) is 5.75 Å². The fraction of sp³-hybridized carbons (Fsp3) is 0.400. The van der Waals surface area contributed by atoms with Crippen molar-refractivity contribution >= 4 is 0 Å². The smallest absolute Gasteiger partial charge is 0.206 e. The van der Waals surface area contributed by atoms with Gasteiger partial charge in [-0.1, -0.05) is 26.8 Å². The minimum absolute atomic E-state index is 0.0268. The maximum absolute atomic E-state index is 9.22. The molecule has 13 heavy (non-hydrogen) atoms. The highest BCUT2D eigenvalue weighted by Crippen LogP contribution is 2.31. The first-order valence-corrected chi connectivity index (χ1v) is 4.10. The van der Waals surface area contributed by atoms with Crippen LogP contribution in [0.1, 0.15) is 26.3 Å². The highest BCUT2D eigenvalue weighted by Gasteiger charge is 2.15. The van der Waals surface area contributed by atoms with E-state index in [0.29, 0.717) is 0 Å². The normalized spacial score (nSPS) is 11.4. The Morgan fingerprint density at radius 1 is 1.23 bits per heavy atom. The van der Waals surface area contributed by atoms with Crippen LogP contribution in [0.5, 0.6) is 11.5 Å². The molecule has 0 aromatic heterocycles. The zero-order chi connectivity index (χ0) is 10.1. The molecule has 0 atom stereocenters. The zero-order valence-corrected chi connectivity index (χ0v) is 8.03. The van der Waals surface area contributed by atoms with Crippen LogP contribution >= 0.6 is 0 Å². The monoisotopic (exact) mass is 182 g/mol. The molecule has 0 aliphatic heterocycles. The van der Waals surface area contributed by atoms with Gasteiger partial charge in [0.15, 0.2) is 5.75 Å². The Balaban J connectivity index is 3.14. The number of rotatable bonds is 1. The molecular weight excluding hydrogens is 168 g/mol. The third-order valence-corrected chi connectivity index (χ3v) is 1.92. The molecular formula is C10H14O3. The Bertz CT molecular complexity index is 300. The minimum Gasteiger partial charge on any atom is -0.504 e. The second-order valence-electron chi connectivity index (χ2n) is 4.02. The SMILES string of the molecule is CC(C)(C)c1ccc(O)c(OO)c1. The number of aromatic hydroxyl groups is 1. The molecule has 0 fully saturated rings. The van der Waals surface area contributed by atoms with Crippen molar-refractivity contribution in [2.45, 2.75) is 26.2 Å². The largest absolute Gasteiger partial charge is 0.504 e. The van der Waals surface area contributed by atoms with Crippen molar-refractivity contribution in [3.05, 3.63) is 23.8 Å². The van der Waals surface area contributed by atoms with Gasteiger partial charge < -0.3 is 9.99 Å². The first kappa shape index (κ1) is 9.86. The van der Waals surface area contributed by atoms with Crippen LogP contribution in [0.4, 0.5) is 0 Å². The van der Waals surface area contributed by atoms with Crippen LogP contribution in [0.2, 0.25) is 0 Å². The van der Waals surface area contributed by atoms with Crippen LogP contribution in [0, 0.1) is 0 Å². The van der Waals surface area contributed by atoms with Crippen LogP contribution in [-0.4, -0.2) is 10.4 Å². The summed E-state index contributed by atoms with van der Waals surface area (Å²) in [6.45, 7) is 6.13. The van der Waals surface area contributed by atoms with Crippen molar-refractivity contribution in [2.24, 2.45) is 0 Å². The first-order valence-electron chi connectivity index (χ1n) is 4.10. The molecule has 0 radical (unpaired) electrons. The fourth-order valence-corrected chi connectivity index (χ4v) is 1.05. The number of phenols is 1. The van der Waals surface area contributed by atoms with E-state index in [1.807, 2.05) is 20.8 Å². The lowest BCUT2D eigenvalue weighted by atomic mass is 9.87. The second-order valence-corrected chi connectivity index (χ2v) is 4.02. The molecule has 0 spiro atoms. The summed E-state index contributed by atoms with van der Waals surface area (Å²) in [5.74, 6) is 0.0305. The topological polar surface area (TPSA) is 49.7 Å². The summed E-state index contributed by atoms with van der Waals surface area (Å²) in [5.41, 5.74) is 0.968. The highest BCUT2D eigenvalue weighted by molar-refractivity contribution is 5.43. The Morgan fingerprint density at radius 3 is 2.31 bits per heavy atom. The molecule has 72 valence electrons. The van der Waals surface area contributed by atoms with Gasteiger partial charge in [0, 0.05) is 0 Å². The van der Waals surface area contributed by atoms with Gasteiger partial charge in [0.05, 0.1) is 0 Å². The maximum atomic E-state index is 9.22. The third-order valence-electron chi connectivity index (χ3n) is 1.92. The lowest BCUT2D eigenvalue weighted by Crippen LogP contribution is -2.10. The van der Waals surface area contributed by atoms with Gasteiger partial charge in [-0.25, -0.2) is 5.26 Å². The summed E-state index contributed by atoms with van der Waals surface area (Å²) in [4.78, 5) is 4.03. The molecule has 3 heteroatoms. The van der Waals surface area contributed by atoms with Gasteiger partial charge in [-0.2, -0.15) is 0 Å². The average Bonchev–Trinajstić information content (AvgIpc) is 2.03. The van der Waals surface area contributed by atoms with Gasteiger partial charge in [-0.3, -0.25) is 0 Å². The number of phenolic OH excluding ortho intramolecular Hbond substituents is 1. The van der Waals surface area contributed by atoms with E-state index < -0.39 is 0 Å². The second kappa shape index (κ2) is 3.26. The molecule has 0 heterocycles. The molecule has 3 nitrogen and oxygen atoms in total. The summed E-state index contributed by atoms with van der Waals surface area (Å²) in [6, 6.07) is 4.93. The Kier molecular flexibility index (Phi) is 2.48. The van der Waals surface area contributed by atoms with Crippen LogP contribution in [0.15, 0.2) is 18.2 Å². The molecule has 2 N–H and O–H groups in total. The molecule has 0 unspecified atom stereocenters. The fourth-order valence-electron chi connectivity index (χ4n) is 1.05. The Morgan fingerprint density at radius 2 is 1.85 bits per heavy atom. The Hall–Kier alpha value is -1.22. The average molecular weight is 182 g/mol. The Labute approximate surface area is 77.5 Å². The standard InChI is InChI=1S/C10H14O3/c1-10(2,3)7-4-5-8(11)9(6-7)13-12/h4-6,11-12H,1-3H3. The minimum atomic E-state index is -0.0597. The van der Waals surface area contributed by atoms with E-state index >= 15 is 0 Å². The maximum Gasteiger partial charge on any atom is 0.206 e. The third kappa shape index (κ3) is 2.12. The molecule has 0 bridgehead atoms. The summed E-state index contributed by atoms with van der Waals surface area (Å²) < 4.78 is 0. The van der Waals surface area contributed by atoms with Gasteiger partial charge in [-0.15, -0.1) is 0 Å². The summed E-state index contributed by atoms with van der Waals surface area (Å²) in [6.07, 6.45) is 0. The highest BCUT2D eigenvalue weighted by atomic mass is 17.1. The van der Waals surface area contributed by atoms with Crippen LogP contribution in [0.25, 0.3) is 0 Å². The summed E-state index contributed by atoms with van der Waals surface area (Å²) in [5, 5.41) is 17.7.